The first-order valence-electron chi connectivity index (χ1n) is 6.71. The van der Waals surface area contributed by atoms with Gasteiger partial charge < -0.3 is 10.6 Å². The molecule has 0 radical (unpaired) electrons. The van der Waals surface area contributed by atoms with Crippen molar-refractivity contribution in [3.05, 3.63) is 29.3 Å². The zero-order valence-corrected chi connectivity index (χ0v) is 11.8. The van der Waals surface area contributed by atoms with E-state index in [2.05, 4.69) is 24.5 Å². The summed E-state index contributed by atoms with van der Waals surface area (Å²) < 4.78 is 0. The number of amides is 1. The summed E-state index contributed by atoms with van der Waals surface area (Å²) in [7, 11) is 0. The summed E-state index contributed by atoms with van der Waals surface area (Å²) in [5.74, 6) is 0.524. The molecular formula is C15H24N2O. The lowest BCUT2D eigenvalue weighted by Crippen LogP contribution is -2.28. The van der Waals surface area contributed by atoms with Crippen molar-refractivity contribution in [3.8, 4) is 0 Å². The number of anilines is 1. The second kappa shape index (κ2) is 7.04. The van der Waals surface area contributed by atoms with Crippen molar-refractivity contribution in [1.29, 1.82) is 0 Å². The number of carbonyl (C=O) groups excluding carboxylic acids is 1. The van der Waals surface area contributed by atoms with E-state index in [0.717, 1.165) is 36.3 Å². The molecule has 3 heteroatoms. The largest absolute Gasteiger partial charge is 0.385 e. The smallest absolute Gasteiger partial charge is 0.253 e. The molecule has 2 N–H and O–H groups in total. The third-order valence-electron chi connectivity index (χ3n) is 3.09. The lowest BCUT2D eigenvalue weighted by molar-refractivity contribution is 0.0948. The molecule has 1 rings (SSSR count). The molecule has 0 aromatic heterocycles. The molecule has 18 heavy (non-hydrogen) atoms. The number of nitrogens with one attached hydrogen (secondary N) is 2. The number of carbonyl (C=O) groups is 1. The highest BCUT2D eigenvalue weighted by Gasteiger charge is 2.11. The zero-order valence-electron chi connectivity index (χ0n) is 11.8. The van der Waals surface area contributed by atoms with E-state index in [0.29, 0.717) is 5.92 Å². The Morgan fingerprint density at radius 3 is 2.67 bits per heavy atom. The number of aryl methyl sites for hydroxylation is 1. The van der Waals surface area contributed by atoms with Crippen LogP contribution >= 0.6 is 0 Å². The SMILES string of the molecule is CCNc1ccc(C)cc1C(=O)NCC(C)CC. The summed E-state index contributed by atoms with van der Waals surface area (Å²) in [5, 5.41) is 6.22. The second-order valence-electron chi connectivity index (χ2n) is 4.80. The van der Waals surface area contributed by atoms with Crippen molar-refractivity contribution in [2.24, 2.45) is 5.92 Å². The zero-order chi connectivity index (χ0) is 13.5. The van der Waals surface area contributed by atoms with Gasteiger partial charge in [0.25, 0.3) is 5.91 Å². The topological polar surface area (TPSA) is 41.1 Å². The summed E-state index contributed by atoms with van der Waals surface area (Å²) in [6.07, 6.45) is 1.08. The molecule has 0 aliphatic carbocycles. The standard InChI is InChI=1S/C15H24N2O/c1-5-11(3)10-17-15(18)13-9-12(4)7-8-14(13)16-6-2/h7-9,11,16H,5-6,10H2,1-4H3,(H,17,18). The van der Waals surface area contributed by atoms with Crippen LogP contribution in [0.15, 0.2) is 18.2 Å². The summed E-state index contributed by atoms with van der Waals surface area (Å²) in [6.45, 7) is 9.85. The maximum atomic E-state index is 12.2. The number of rotatable bonds is 6. The van der Waals surface area contributed by atoms with Crippen LogP contribution in [-0.2, 0) is 0 Å². The highest BCUT2D eigenvalue weighted by Crippen LogP contribution is 2.17. The molecule has 1 aromatic carbocycles. The molecular weight excluding hydrogens is 224 g/mol. The van der Waals surface area contributed by atoms with Gasteiger partial charge in [-0.25, -0.2) is 0 Å². The van der Waals surface area contributed by atoms with Crippen molar-refractivity contribution in [3.63, 3.8) is 0 Å². The minimum Gasteiger partial charge on any atom is -0.385 e. The Morgan fingerprint density at radius 1 is 1.33 bits per heavy atom. The van der Waals surface area contributed by atoms with Crippen LogP contribution in [0.3, 0.4) is 0 Å². The van der Waals surface area contributed by atoms with Crippen molar-refractivity contribution in [2.75, 3.05) is 18.4 Å². The molecule has 0 spiro atoms. The van der Waals surface area contributed by atoms with Crippen molar-refractivity contribution in [1.82, 2.24) is 5.32 Å². The van der Waals surface area contributed by atoms with E-state index in [1.54, 1.807) is 0 Å². The van der Waals surface area contributed by atoms with E-state index in [1.165, 1.54) is 0 Å². The van der Waals surface area contributed by atoms with E-state index >= 15 is 0 Å². The molecule has 0 bridgehead atoms. The molecule has 3 nitrogen and oxygen atoms in total. The Kier molecular flexibility index (Phi) is 5.69. The highest BCUT2D eigenvalue weighted by molar-refractivity contribution is 5.99. The maximum Gasteiger partial charge on any atom is 0.253 e. The Morgan fingerprint density at radius 2 is 2.06 bits per heavy atom. The molecule has 0 fully saturated rings. The van der Waals surface area contributed by atoms with Gasteiger partial charge in [-0.2, -0.15) is 0 Å². The third-order valence-corrected chi connectivity index (χ3v) is 3.09. The Labute approximate surface area is 110 Å². The predicted molar refractivity (Wildman–Crippen MR) is 77.1 cm³/mol. The van der Waals surface area contributed by atoms with Gasteiger partial charge in [-0.15, -0.1) is 0 Å². The minimum atomic E-state index is 0.00921. The molecule has 0 aliphatic heterocycles. The fourth-order valence-corrected chi connectivity index (χ4v) is 1.70. The highest BCUT2D eigenvalue weighted by atomic mass is 16.1. The van der Waals surface area contributed by atoms with Crippen LogP contribution in [0.5, 0.6) is 0 Å². The first kappa shape index (κ1) is 14.6. The Hall–Kier alpha value is -1.51. The summed E-state index contributed by atoms with van der Waals surface area (Å²) in [5.41, 5.74) is 2.75. The van der Waals surface area contributed by atoms with E-state index < -0.39 is 0 Å². The van der Waals surface area contributed by atoms with E-state index in [1.807, 2.05) is 32.0 Å². The first-order valence-corrected chi connectivity index (χ1v) is 6.71. The number of hydrogen-bond acceptors (Lipinski definition) is 2. The van der Waals surface area contributed by atoms with Crippen molar-refractivity contribution >= 4 is 11.6 Å². The normalized spacial score (nSPS) is 12.0. The quantitative estimate of drug-likeness (QED) is 0.811. The van der Waals surface area contributed by atoms with Crippen LogP contribution in [0.4, 0.5) is 5.69 Å². The van der Waals surface area contributed by atoms with Crippen molar-refractivity contribution in [2.45, 2.75) is 34.1 Å². The van der Waals surface area contributed by atoms with E-state index in [-0.39, 0.29) is 5.91 Å². The lowest BCUT2D eigenvalue weighted by Gasteiger charge is -2.14. The Bertz CT molecular complexity index is 401. The third kappa shape index (κ3) is 4.06. The van der Waals surface area contributed by atoms with Gasteiger partial charge in [0.1, 0.15) is 0 Å². The molecule has 0 saturated carbocycles. The molecule has 100 valence electrons. The summed E-state index contributed by atoms with van der Waals surface area (Å²) >= 11 is 0. The molecule has 0 heterocycles. The molecule has 1 atom stereocenters. The van der Waals surface area contributed by atoms with Gasteiger partial charge in [0.2, 0.25) is 0 Å². The number of hydrogen-bond donors (Lipinski definition) is 2. The lowest BCUT2D eigenvalue weighted by atomic mass is 10.1. The van der Waals surface area contributed by atoms with Crippen LogP contribution < -0.4 is 10.6 Å². The van der Waals surface area contributed by atoms with Crippen molar-refractivity contribution < 1.29 is 4.79 Å². The molecule has 1 aromatic rings. The second-order valence-corrected chi connectivity index (χ2v) is 4.80. The van der Waals surface area contributed by atoms with Gasteiger partial charge in [0, 0.05) is 18.8 Å². The van der Waals surface area contributed by atoms with E-state index in [9.17, 15) is 4.79 Å². The van der Waals surface area contributed by atoms with Gasteiger partial charge in [-0.05, 0) is 31.9 Å². The predicted octanol–water partition coefficient (Wildman–Crippen LogP) is 3.20. The van der Waals surface area contributed by atoms with Gasteiger partial charge in [-0.3, -0.25) is 4.79 Å². The summed E-state index contributed by atoms with van der Waals surface area (Å²) in [6, 6.07) is 5.92. The van der Waals surface area contributed by atoms with Gasteiger partial charge in [0.15, 0.2) is 0 Å². The average Bonchev–Trinajstić information content (AvgIpc) is 2.37. The van der Waals surface area contributed by atoms with Crippen LogP contribution in [0.2, 0.25) is 0 Å². The minimum absolute atomic E-state index is 0.00921. The van der Waals surface area contributed by atoms with Crippen LogP contribution in [0.1, 0.15) is 43.1 Å². The Balaban J connectivity index is 2.79. The van der Waals surface area contributed by atoms with Gasteiger partial charge >= 0.3 is 0 Å². The summed E-state index contributed by atoms with van der Waals surface area (Å²) in [4.78, 5) is 12.2. The molecule has 0 aliphatic rings. The fraction of sp³-hybridized carbons (Fsp3) is 0.533. The monoisotopic (exact) mass is 248 g/mol. The van der Waals surface area contributed by atoms with E-state index in [4.69, 9.17) is 0 Å². The molecule has 0 saturated heterocycles. The number of benzene rings is 1. The van der Waals surface area contributed by atoms with Crippen LogP contribution in [0, 0.1) is 12.8 Å². The first-order chi connectivity index (χ1) is 8.58. The molecule has 1 unspecified atom stereocenters. The fourth-order valence-electron chi connectivity index (χ4n) is 1.70. The van der Waals surface area contributed by atoms with Crippen LogP contribution in [-0.4, -0.2) is 19.0 Å². The van der Waals surface area contributed by atoms with Gasteiger partial charge in [0.05, 0.1) is 5.56 Å². The van der Waals surface area contributed by atoms with Gasteiger partial charge in [-0.1, -0.05) is 31.9 Å². The maximum absolute atomic E-state index is 12.2. The van der Waals surface area contributed by atoms with Crippen LogP contribution in [0.25, 0.3) is 0 Å². The average molecular weight is 248 g/mol. The molecule has 1 amide bonds.